The number of halogens is 1. The van der Waals surface area contributed by atoms with Crippen LogP contribution in [0, 0.1) is 5.82 Å². The van der Waals surface area contributed by atoms with Gasteiger partial charge in [0, 0.05) is 11.6 Å². The summed E-state index contributed by atoms with van der Waals surface area (Å²) in [7, 11) is 0. The van der Waals surface area contributed by atoms with E-state index in [-0.39, 0.29) is 5.82 Å². The number of carbonyl (C=O) groups is 1. The van der Waals surface area contributed by atoms with Crippen LogP contribution in [0.2, 0.25) is 0 Å². The van der Waals surface area contributed by atoms with Gasteiger partial charge in [0.25, 0.3) is 0 Å². The average Bonchev–Trinajstić information content (AvgIpc) is 2.17. The van der Waals surface area contributed by atoms with Crippen LogP contribution in [0.3, 0.4) is 0 Å². The predicted molar refractivity (Wildman–Crippen MR) is 56.8 cm³/mol. The Bertz CT molecular complexity index is 419. The molecule has 0 bridgehead atoms. The topological polar surface area (TPSA) is 37.3 Å². The maximum atomic E-state index is 13.2. The fourth-order valence-electron chi connectivity index (χ4n) is 1.15. The number of hydrogen-bond acceptors (Lipinski definition) is 1. The molecule has 15 heavy (non-hydrogen) atoms. The molecule has 1 N–H and O–H groups in total. The van der Waals surface area contributed by atoms with Crippen molar-refractivity contribution < 1.29 is 14.3 Å². The first-order chi connectivity index (χ1) is 7.11. The minimum atomic E-state index is -1.02. The maximum absolute atomic E-state index is 13.2. The number of carboxylic acid groups (broad SMARTS) is 1. The summed E-state index contributed by atoms with van der Waals surface area (Å²) in [5.41, 5.74) is 1.16. The molecule has 0 radical (unpaired) electrons. The molecule has 1 aromatic carbocycles. The Labute approximate surface area is 87.4 Å². The number of benzene rings is 1. The van der Waals surface area contributed by atoms with E-state index in [1.54, 1.807) is 31.2 Å². The maximum Gasteiger partial charge on any atom is 0.328 e. The molecule has 0 fully saturated rings. The van der Waals surface area contributed by atoms with Crippen LogP contribution in [0.1, 0.15) is 12.5 Å². The van der Waals surface area contributed by atoms with E-state index in [0.29, 0.717) is 11.1 Å². The fourth-order valence-corrected chi connectivity index (χ4v) is 1.15. The first-order valence-corrected chi connectivity index (χ1v) is 4.44. The lowest BCUT2D eigenvalue weighted by atomic mass is 10.1. The zero-order valence-electron chi connectivity index (χ0n) is 8.27. The number of carboxylic acids is 1. The normalized spacial score (nSPS) is 12.0. The third-order valence-electron chi connectivity index (χ3n) is 1.88. The number of allylic oxidation sites excluding steroid dienone is 3. The van der Waals surface area contributed by atoms with Gasteiger partial charge in [0.2, 0.25) is 0 Å². The van der Waals surface area contributed by atoms with Gasteiger partial charge in [-0.25, -0.2) is 9.18 Å². The van der Waals surface area contributed by atoms with Gasteiger partial charge in [-0.2, -0.15) is 0 Å². The van der Waals surface area contributed by atoms with Crippen molar-refractivity contribution in [2.75, 3.05) is 0 Å². The standard InChI is InChI=1S/C12H11FO2/c1-9(5-4-8-12(14)15)10-6-2-3-7-11(10)13/h2-8H,1H3,(H,14,15)/b8-4+,9-5+. The van der Waals surface area contributed by atoms with Crippen LogP contribution in [0.25, 0.3) is 5.57 Å². The summed E-state index contributed by atoms with van der Waals surface area (Å²) in [5.74, 6) is -1.33. The van der Waals surface area contributed by atoms with Gasteiger partial charge < -0.3 is 5.11 Å². The molecule has 2 nitrogen and oxygen atoms in total. The lowest BCUT2D eigenvalue weighted by Gasteiger charge is -2.01. The monoisotopic (exact) mass is 206 g/mol. The van der Waals surface area contributed by atoms with E-state index in [9.17, 15) is 9.18 Å². The quantitative estimate of drug-likeness (QED) is 0.610. The predicted octanol–water partition coefficient (Wildman–Crippen LogP) is 2.87. The van der Waals surface area contributed by atoms with Crippen LogP contribution in [0.15, 0.2) is 42.5 Å². The van der Waals surface area contributed by atoms with Crippen molar-refractivity contribution in [3.05, 3.63) is 53.9 Å². The van der Waals surface area contributed by atoms with Crippen LogP contribution in [-0.2, 0) is 4.79 Å². The van der Waals surface area contributed by atoms with Crippen molar-refractivity contribution >= 4 is 11.5 Å². The van der Waals surface area contributed by atoms with Crippen LogP contribution in [-0.4, -0.2) is 11.1 Å². The van der Waals surface area contributed by atoms with Gasteiger partial charge in [-0.05, 0) is 18.6 Å². The largest absolute Gasteiger partial charge is 0.478 e. The molecular formula is C12H11FO2. The van der Waals surface area contributed by atoms with Gasteiger partial charge in [0.1, 0.15) is 5.82 Å². The second kappa shape index (κ2) is 5.10. The van der Waals surface area contributed by atoms with Gasteiger partial charge in [-0.3, -0.25) is 0 Å². The van der Waals surface area contributed by atoms with Crippen LogP contribution in [0.4, 0.5) is 4.39 Å². The molecule has 0 saturated heterocycles. The Morgan fingerprint density at radius 3 is 2.67 bits per heavy atom. The highest BCUT2D eigenvalue weighted by molar-refractivity contribution is 5.80. The summed E-state index contributed by atoms with van der Waals surface area (Å²) >= 11 is 0. The molecule has 0 saturated carbocycles. The molecule has 1 rings (SSSR count). The van der Waals surface area contributed by atoms with E-state index < -0.39 is 5.97 Å². The van der Waals surface area contributed by atoms with E-state index in [4.69, 9.17) is 5.11 Å². The zero-order valence-corrected chi connectivity index (χ0v) is 8.27. The Hall–Kier alpha value is -1.90. The average molecular weight is 206 g/mol. The van der Waals surface area contributed by atoms with Crippen molar-refractivity contribution in [1.29, 1.82) is 0 Å². The number of aliphatic carboxylic acids is 1. The van der Waals surface area contributed by atoms with E-state index in [2.05, 4.69) is 0 Å². The van der Waals surface area contributed by atoms with E-state index in [0.717, 1.165) is 6.08 Å². The van der Waals surface area contributed by atoms with Crippen molar-refractivity contribution in [2.24, 2.45) is 0 Å². The van der Waals surface area contributed by atoms with Crippen molar-refractivity contribution in [3.8, 4) is 0 Å². The van der Waals surface area contributed by atoms with Crippen LogP contribution in [0.5, 0.6) is 0 Å². The smallest absolute Gasteiger partial charge is 0.328 e. The van der Waals surface area contributed by atoms with Gasteiger partial charge in [-0.15, -0.1) is 0 Å². The summed E-state index contributed by atoms with van der Waals surface area (Å²) in [4.78, 5) is 10.2. The minimum absolute atomic E-state index is 0.310. The molecule has 0 aliphatic heterocycles. The third-order valence-corrected chi connectivity index (χ3v) is 1.88. The lowest BCUT2D eigenvalue weighted by molar-refractivity contribution is -0.131. The van der Waals surface area contributed by atoms with Gasteiger partial charge in [0.05, 0.1) is 0 Å². The van der Waals surface area contributed by atoms with Crippen molar-refractivity contribution in [1.82, 2.24) is 0 Å². The van der Waals surface area contributed by atoms with E-state index >= 15 is 0 Å². The summed E-state index contributed by atoms with van der Waals surface area (Å²) in [5, 5.41) is 8.36. The second-order valence-electron chi connectivity index (χ2n) is 3.03. The molecule has 0 aromatic heterocycles. The number of rotatable bonds is 3. The van der Waals surface area contributed by atoms with Crippen molar-refractivity contribution in [2.45, 2.75) is 6.92 Å². The Kier molecular flexibility index (Phi) is 3.80. The van der Waals surface area contributed by atoms with Crippen molar-refractivity contribution in [3.63, 3.8) is 0 Å². The molecule has 3 heteroatoms. The highest BCUT2D eigenvalue weighted by Gasteiger charge is 2.00. The lowest BCUT2D eigenvalue weighted by Crippen LogP contribution is -1.86. The third kappa shape index (κ3) is 3.38. The second-order valence-corrected chi connectivity index (χ2v) is 3.03. The molecular weight excluding hydrogens is 195 g/mol. The summed E-state index contributed by atoms with van der Waals surface area (Å²) < 4.78 is 13.2. The van der Waals surface area contributed by atoms with E-state index in [1.807, 2.05) is 0 Å². The molecule has 0 aliphatic carbocycles. The zero-order chi connectivity index (χ0) is 11.3. The molecule has 1 aromatic rings. The molecule has 0 spiro atoms. The molecule has 78 valence electrons. The van der Waals surface area contributed by atoms with E-state index in [1.165, 1.54) is 12.1 Å². The Morgan fingerprint density at radius 2 is 2.07 bits per heavy atom. The molecule has 0 amide bonds. The summed E-state index contributed by atoms with van der Waals surface area (Å²) in [6, 6.07) is 6.36. The molecule has 0 atom stereocenters. The Balaban J connectivity index is 2.90. The number of hydrogen-bond donors (Lipinski definition) is 1. The fraction of sp³-hybridized carbons (Fsp3) is 0.0833. The van der Waals surface area contributed by atoms with Gasteiger partial charge >= 0.3 is 5.97 Å². The molecule has 0 aliphatic rings. The first kappa shape index (κ1) is 11.2. The molecule has 0 unspecified atom stereocenters. The van der Waals surface area contributed by atoms with Gasteiger partial charge in [0.15, 0.2) is 0 Å². The SMILES string of the molecule is C/C(=C\C=C\C(=O)O)c1ccccc1F. The highest BCUT2D eigenvalue weighted by Crippen LogP contribution is 2.16. The van der Waals surface area contributed by atoms with Crippen LogP contribution >= 0.6 is 0 Å². The van der Waals surface area contributed by atoms with Gasteiger partial charge in [-0.1, -0.05) is 30.4 Å². The summed E-state index contributed by atoms with van der Waals surface area (Å²) in [6.45, 7) is 1.73. The summed E-state index contributed by atoms with van der Waals surface area (Å²) in [6.07, 6.45) is 3.95. The Morgan fingerprint density at radius 1 is 1.40 bits per heavy atom. The first-order valence-electron chi connectivity index (χ1n) is 4.44. The van der Waals surface area contributed by atoms with Crippen LogP contribution < -0.4 is 0 Å². The minimum Gasteiger partial charge on any atom is -0.478 e. The molecule has 0 heterocycles. The highest BCUT2D eigenvalue weighted by atomic mass is 19.1.